The molecule has 0 aliphatic heterocycles. The zero-order chi connectivity index (χ0) is 17.6. The van der Waals surface area contributed by atoms with Gasteiger partial charge in [-0.2, -0.15) is 0 Å². The predicted octanol–water partition coefficient (Wildman–Crippen LogP) is 6.23. The fourth-order valence-electron chi connectivity index (χ4n) is 3.50. The third kappa shape index (κ3) is 5.15. The van der Waals surface area contributed by atoms with Crippen LogP contribution in [0.5, 0.6) is 0 Å². The first-order valence-corrected chi connectivity index (χ1v) is 10.4. The summed E-state index contributed by atoms with van der Waals surface area (Å²) in [5.74, 6) is 1.37. The van der Waals surface area contributed by atoms with Gasteiger partial charge in [0, 0.05) is 17.4 Å². The summed E-state index contributed by atoms with van der Waals surface area (Å²) in [5.41, 5.74) is 3.36. The molecule has 2 aromatic rings. The highest BCUT2D eigenvalue weighted by Gasteiger charge is 2.15. The van der Waals surface area contributed by atoms with Crippen LogP contribution in [0.1, 0.15) is 70.3 Å². The molecule has 0 radical (unpaired) electrons. The zero-order valence-corrected chi connectivity index (χ0v) is 16.1. The van der Waals surface area contributed by atoms with Crippen LogP contribution in [0, 0.1) is 5.92 Å². The molecule has 1 aliphatic rings. The Morgan fingerprint density at radius 2 is 1.92 bits per heavy atom. The third-order valence-corrected chi connectivity index (χ3v) is 5.89. The quantitative estimate of drug-likeness (QED) is 0.666. The third-order valence-electron chi connectivity index (χ3n) is 5.13. The maximum atomic E-state index is 12.2. The molecule has 1 aromatic carbocycles. The van der Waals surface area contributed by atoms with Gasteiger partial charge < -0.3 is 5.32 Å². The van der Waals surface area contributed by atoms with Crippen molar-refractivity contribution in [2.75, 3.05) is 5.32 Å². The fourth-order valence-corrected chi connectivity index (χ4v) is 4.23. The van der Waals surface area contributed by atoms with E-state index >= 15 is 0 Å². The van der Waals surface area contributed by atoms with Gasteiger partial charge in [-0.1, -0.05) is 70.2 Å². The first-order valence-electron chi connectivity index (χ1n) is 9.47. The van der Waals surface area contributed by atoms with Crippen LogP contribution in [-0.2, 0) is 4.79 Å². The van der Waals surface area contributed by atoms with Crippen LogP contribution < -0.4 is 5.32 Å². The SMILES string of the molecule is CC(C)c1ccc(-c2csc(NC(=O)CCC3CCCCC3)n2)cc1. The Labute approximate surface area is 154 Å². The molecule has 0 unspecified atom stereocenters. The molecule has 0 bridgehead atoms. The molecule has 1 N–H and O–H groups in total. The Morgan fingerprint density at radius 3 is 2.60 bits per heavy atom. The summed E-state index contributed by atoms with van der Waals surface area (Å²) in [4.78, 5) is 16.8. The smallest absolute Gasteiger partial charge is 0.226 e. The maximum absolute atomic E-state index is 12.2. The van der Waals surface area contributed by atoms with Crippen molar-refractivity contribution in [1.29, 1.82) is 0 Å². The van der Waals surface area contributed by atoms with Gasteiger partial charge in [-0.3, -0.25) is 4.79 Å². The molecule has 0 saturated heterocycles. The summed E-state index contributed by atoms with van der Waals surface area (Å²) in [6.45, 7) is 4.39. The number of hydrogen-bond donors (Lipinski definition) is 1. The standard InChI is InChI=1S/C21H28N2OS/c1-15(2)17-9-11-18(12-10-17)19-14-25-21(22-19)23-20(24)13-8-16-6-4-3-5-7-16/h9-12,14-16H,3-8,13H2,1-2H3,(H,22,23,24). The second kappa shape index (κ2) is 8.61. The number of amides is 1. The number of carbonyl (C=O) groups is 1. The second-order valence-corrected chi connectivity index (χ2v) is 8.26. The van der Waals surface area contributed by atoms with Crippen molar-refractivity contribution in [3.05, 3.63) is 35.2 Å². The van der Waals surface area contributed by atoms with Crippen LogP contribution in [0.15, 0.2) is 29.6 Å². The van der Waals surface area contributed by atoms with Crippen LogP contribution in [-0.4, -0.2) is 10.9 Å². The van der Waals surface area contributed by atoms with Crippen LogP contribution in [0.3, 0.4) is 0 Å². The monoisotopic (exact) mass is 356 g/mol. The number of aromatic nitrogens is 1. The molecule has 0 atom stereocenters. The summed E-state index contributed by atoms with van der Waals surface area (Å²) >= 11 is 1.50. The van der Waals surface area contributed by atoms with E-state index in [1.807, 2.05) is 5.38 Å². The zero-order valence-electron chi connectivity index (χ0n) is 15.3. The molecule has 1 saturated carbocycles. The lowest BCUT2D eigenvalue weighted by molar-refractivity contribution is -0.116. The maximum Gasteiger partial charge on any atom is 0.226 e. The van der Waals surface area contributed by atoms with E-state index in [1.54, 1.807) is 0 Å². The molecular weight excluding hydrogens is 328 g/mol. The molecule has 1 aromatic heterocycles. The molecule has 25 heavy (non-hydrogen) atoms. The van der Waals surface area contributed by atoms with E-state index < -0.39 is 0 Å². The van der Waals surface area contributed by atoms with Gasteiger partial charge in [0.15, 0.2) is 5.13 Å². The molecule has 3 nitrogen and oxygen atoms in total. The minimum absolute atomic E-state index is 0.0987. The van der Waals surface area contributed by atoms with Gasteiger partial charge in [0.25, 0.3) is 0 Å². The predicted molar refractivity (Wildman–Crippen MR) is 106 cm³/mol. The lowest BCUT2D eigenvalue weighted by Crippen LogP contribution is -2.14. The van der Waals surface area contributed by atoms with Gasteiger partial charge in [-0.25, -0.2) is 4.98 Å². The van der Waals surface area contributed by atoms with Gasteiger partial charge in [0.05, 0.1) is 5.69 Å². The number of benzene rings is 1. The minimum atomic E-state index is 0.0987. The Balaban J connectivity index is 1.53. The molecule has 4 heteroatoms. The largest absolute Gasteiger partial charge is 0.302 e. The van der Waals surface area contributed by atoms with E-state index in [-0.39, 0.29) is 5.91 Å². The minimum Gasteiger partial charge on any atom is -0.302 e. The molecule has 1 aliphatic carbocycles. The molecule has 1 fully saturated rings. The van der Waals surface area contributed by atoms with Gasteiger partial charge in [-0.15, -0.1) is 11.3 Å². The van der Waals surface area contributed by atoms with E-state index in [0.29, 0.717) is 17.5 Å². The van der Waals surface area contributed by atoms with Crippen molar-refractivity contribution in [2.45, 2.75) is 64.7 Å². The number of nitrogens with zero attached hydrogens (tertiary/aromatic N) is 1. The van der Waals surface area contributed by atoms with Crippen LogP contribution in [0.2, 0.25) is 0 Å². The van der Waals surface area contributed by atoms with E-state index in [1.165, 1.54) is 49.0 Å². The average molecular weight is 357 g/mol. The highest BCUT2D eigenvalue weighted by molar-refractivity contribution is 7.14. The summed E-state index contributed by atoms with van der Waals surface area (Å²) in [7, 11) is 0. The van der Waals surface area contributed by atoms with Crippen molar-refractivity contribution < 1.29 is 4.79 Å². The first kappa shape index (κ1) is 18.1. The number of hydrogen-bond acceptors (Lipinski definition) is 3. The number of carbonyl (C=O) groups excluding carboxylic acids is 1. The second-order valence-electron chi connectivity index (χ2n) is 7.41. The molecule has 134 valence electrons. The van der Waals surface area contributed by atoms with Crippen molar-refractivity contribution in [2.24, 2.45) is 5.92 Å². The van der Waals surface area contributed by atoms with Crippen LogP contribution in [0.4, 0.5) is 5.13 Å². The normalized spacial score (nSPS) is 15.5. The fraction of sp³-hybridized carbons (Fsp3) is 0.524. The topological polar surface area (TPSA) is 42.0 Å². The summed E-state index contributed by atoms with van der Waals surface area (Å²) in [6.07, 6.45) is 8.24. The molecule has 3 rings (SSSR count). The van der Waals surface area contributed by atoms with Gasteiger partial charge in [-0.05, 0) is 23.8 Å². The molecule has 1 heterocycles. The number of rotatable bonds is 6. The van der Waals surface area contributed by atoms with Crippen molar-refractivity contribution in [3.63, 3.8) is 0 Å². The van der Waals surface area contributed by atoms with Crippen molar-refractivity contribution >= 4 is 22.4 Å². The number of nitrogens with one attached hydrogen (secondary N) is 1. The number of thiazole rings is 1. The number of anilines is 1. The van der Waals surface area contributed by atoms with Crippen LogP contribution >= 0.6 is 11.3 Å². The highest BCUT2D eigenvalue weighted by Crippen LogP contribution is 2.29. The van der Waals surface area contributed by atoms with Crippen LogP contribution in [0.25, 0.3) is 11.3 Å². The summed E-state index contributed by atoms with van der Waals surface area (Å²) in [5, 5.41) is 5.69. The Bertz CT molecular complexity index is 684. The molecule has 0 spiro atoms. The lowest BCUT2D eigenvalue weighted by Gasteiger charge is -2.20. The highest BCUT2D eigenvalue weighted by atomic mass is 32.1. The van der Waals surface area contributed by atoms with E-state index in [9.17, 15) is 4.79 Å². The van der Waals surface area contributed by atoms with Gasteiger partial charge >= 0.3 is 0 Å². The summed E-state index contributed by atoms with van der Waals surface area (Å²) < 4.78 is 0. The Morgan fingerprint density at radius 1 is 1.20 bits per heavy atom. The van der Waals surface area contributed by atoms with Crippen molar-refractivity contribution in [1.82, 2.24) is 4.98 Å². The van der Waals surface area contributed by atoms with Crippen molar-refractivity contribution in [3.8, 4) is 11.3 Å². The first-order chi connectivity index (χ1) is 12.1. The average Bonchev–Trinajstić information content (AvgIpc) is 3.09. The van der Waals surface area contributed by atoms with E-state index in [0.717, 1.165) is 23.6 Å². The summed E-state index contributed by atoms with van der Waals surface area (Å²) in [6, 6.07) is 8.53. The van der Waals surface area contributed by atoms with Gasteiger partial charge in [0.1, 0.15) is 0 Å². The Hall–Kier alpha value is -1.68. The molecular formula is C21H28N2OS. The van der Waals surface area contributed by atoms with Gasteiger partial charge in [0.2, 0.25) is 5.91 Å². The van der Waals surface area contributed by atoms with E-state index in [2.05, 4.69) is 48.4 Å². The Kier molecular flexibility index (Phi) is 6.24. The lowest BCUT2D eigenvalue weighted by atomic mass is 9.86. The molecule has 1 amide bonds. The van der Waals surface area contributed by atoms with E-state index in [4.69, 9.17) is 0 Å².